The fourth-order valence-electron chi connectivity index (χ4n) is 3.75. The van der Waals surface area contributed by atoms with Crippen LogP contribution in [-0.4, -0.2) is 75.9 Å². The molecule has 1 aromatic heterocycles. The van der Waals surface area contributed by atoms with Crippen molar-refractivity contribution in [1.29, 1.82) is 0 Å². The van der Waals surface area contributed by atoms with Gasteiger partial charge in [-0.15, -0.1) is 0 Å². The van der Waals surface area contributed by atoms with Gasteiger partial charge in [-0.1, -0.05) is 18.2 Å². The molecule has 7 nitrogen and oxygen atoms in total. The molecule has 2 aromatic rings. The molecule has 1 aromatic carbocycles. The summed E-state index contributed by atoms with van der Waals surface area (Å²) in [6.45, 7) is 3.71. The third-order valence-corrected chi connectivity index (χ3v) is 5.20. The van der Waals surface area contributed by atoms with Gasteiger partial charge in [0.25, 0.3) is 5.91 Å². The molecule has 0 radical (unpaired) electrons. The summed E-state index contributed by atoms with van der Waals surface area (Å²) in [7, 11) is 2.12. The highest BCUT2D eigenvalue weighted by Gasteiger charge is 2.37. The Balaban J connectivity index is 1.53. The van der Waals surface area contributed by atoms with Crippen LogP contribution in [0.3, 0.4) is 0 Å². The van der Waals surface area contributed by atoms with Gasteiger partial charge < -0.3 is 9.64 Å². The predicted octanol–water partition coefficient (Wildman–Crippen LogP) is 0.871. The van der Waals surface area contributed by atoms with E-state index in [1.807, 2.05) is 29.2 Å². The number of aromatic nitrogens is 3. The highest BCUT2D eigenvalue weighted by molar-refractivity contribution is 5.95. The van der Waals surface area contributed by atoms with Gasteiger partial charge in [0, 0.05) is 25.2 Å². The molecule has 25 heavy (non-hydrogen) atoms. The third kappa shape index (κ3) is 3.29. The molecule has 1 amide bonds. The number of rotatable bonds is 3. The largest absolute Gasteiger partial charge is 0.375 e. The highest BCUT2D eigenvalue weighted by Crippen LogP contribution is 2.24. The number of hydrogen-bond donors (Lipinski definition) is 0. The zero-order chi connectivity index (χ0) is 17.2. The molecule has 0 N–H and O–H groups in total. The van der Waals surface area contributed by atoms with E-state index < -0.39 is 0 Å². The standard InChI is InChI=1S/C18H23N5O2/c1-21-8-9-25-17-6-7-22(11-16(17)21)18(24)15-5-3-2-4-14(15)10-23-13-19-12-20-23/h2-5,12-13,16-17H,6-11H2,1H3/t16-,17-/m0/s1. The first-order valence-corrected chi connectivity index (χ1v) is 8.74. The molecule has 2 saturated heterocycles. The number of benzene rings is 1. The van der Waals surface area contributed by atoms with Crippen LogP contribution in [0.4, 0.5) is 0 Å². The summed E-state index contributed by atoms with van der Waals surface area (Å²) in [5.74, 6) is 0.0909. The summed E-state index contributed by atoms with van der Waals surface area (Å²) in [5.41, 5.74) is 1.71. The lowest BCUT2D eigenvalue weighted by atomic mass is 9.97. The Hall–Kier alpha value is -2.25. The Morgan fingerprint density at radius 3 is 3.04 bits per heavy atom. The molecule has 0 spiro atoms. The van der Waals surface area contributed by atoms with Crippen molar-refractivity contribution in [3.05, 3.63) is 48.0 Å². The number of nitrogens with zero attached hydrogens (tertiary/aromatic N) is 5. The van der Waals surface area contributed by atoms with E-state index in [1.165, 1.54) is 6.33 Å². The fourth-order valence-corrected chi connectivity index (χ4v) is 3.75. The van der Waals surface area contributed by atoms with E-state index in [0.29, 0.717) is 6.54 Å². The first-order valence-electron chi connectivity index (χ1n) is 8.74. The molecule has 0 unspecified atom stereocenters. The van der Waals surface area contributed by atoms with Crippen LogP contribution in [0.25, 0.3) is 0 Å². The van der Waals surface area contributed by atoms with Gasteiger partial charge in [0.15, 0.2) is 0 Å². The number of likely N-dealkylation sites (tertiary alicyclic amines) is 1. The summed E-state index contributed by atoms with van der Waals surface area (Å²) in [4.78, 5) is 21.4. The molecule has 0 aliphatic carbocycles. The summed E-state index contributed by atoms with van der Waals surface area (Å²) in [6, 6.07) is 8.05. The lowest BCUT2D eigenvalue weighted by molar-refractivity contribution is -0.0893. The lowest BCUT2D eigenvalue weighted by Crippen LogP contribution is -2.59. The van der Waals surface area contributed by atoms with Gasteiger partial charge in [-0.3, -0.25) is 9.69 Å². The van der Waals surface area contributed by atoms with Gasteiger partial charge in [0.05, 0.1) is 25.3 Å². The van der Waals surface area contributed by atoms with Crippen LogP contribution in [0.2, 0.25) is 0 Å². The van der Waals surface area contributed by atoms with Crippen molar-refractivity contribution >= 4 is 5.91 Å². The molecule has 2 aliphatic heterocycles. The van der Waals surface area contributed by atoms with Gasteiger partial charge >= 0.3 is 0 Å². The number of carbonyl (C=O) groups is 1. The summed E-state index contributed by atoms with van der Waals surface area (Å²) < 4.78 is 7.62. The molecule has 132 valence electrons. The topological polar surface area (TPSA) is 63.5 Å². The molecule has 2 atom stereocenters. The number of hydrogen-bond acceptors (Lipinski definition) is 5. The van der Waals surface area contributed by atoms with Crippen molar-refractivity contribution in [2.24, 2.45) is 0 Å². The van der Waals surface area contributed by atoms with E-state index >= 15 is 0 Å². The first kappa shape index (κ1) is 16.2. The minimum Gasteiger partial charge on any atom is -0.375 e. The molecular weight excluding hydrogens is 318 g/mol. The molecule has 0 saturated carbocycles. The number of carbonyl (C=O) groups excluding carboxylic acids is 1. The molecule has 2 fully saturated rings. The second-order valence-electron chi connectivity index (χ2n) is 6.75. The van der Waals surface area contributed by atoms with E-state index in [9.17, 15) is 4.79 Å². The van der Waals surface area contributed by atoms with E-state index in [2.05, 4.69) is 22.0 Å². The van der Waals surface area contributed by atoms with Crippen LogP contribution in [0.15, 0.2) is 36.9 Å². The molecule has 2 aliphatic rings. The van der Waals surface area contributed by atoms with Crippen molar-refractivity contribution in [3.63, 3.8) is 0 Å². The smallest absolute Gasteiger partial charge is 0.254 e. The van der Waals surface area contributed by atoms with Crippen LogP contribution in [0.5, 0.6) is 0 Å². The molecule has 0 bridgehead atoms. The van der Waals surface area contributed by atoms with E-state index in [1.54, 1.807) is 11.0 Å². The number of amides is 1. The second kappa shape index (κ2) is 6.93. The quantitative estimate of drug-likeness (QED) is 0.829. The van der Waals surface area contributed by atoms with Crippen molar-refractivity contribution in [1.82, 2.24) is 24.6 Å². The number of fused-ring (bicyclic) bond motifs is 1. The maximum absolute atomic E-state index is 13.2. The summed E-state index contributed by atoms with van der Waals surface area (Å²) in [6.07, 6.45) is 4.31. The van der Waals surface area contributed by atoms with Crippen molar-refractivity contribution < 1.29 is 9.53 Å². The average Bonchev–Trinajstić information content (AvgIpc) is 3.15. The number of morpholine rings is 1. The third-order valence-electron chi connectivity index (χ3n) is 5.20. The second-order valence-corrected chi connectivity index (χ2v) is 6.75. The van der Waals surface area contributed by atoms with E-state index in [0.717, 1.165) is 43.8 Å². The fraction of sp³-hybridized carbons (Fsp3) is 0.500. The van der Waals surface area contributed by atoms with Gasteiger partial charge in [-0.2, -0.15) is 5.10 Å². The summed E-state index contributed by atoms with van der Waals surface area (Å²) >= 11 is 0. The van der Waals surface area contributed by atoms with Crippen molar-refractivity contribution in [3.8, 4) is 0 Å². The van der Waals surface area contributed by atoms with Crippen LogP contribution >= 0.6 is 0 Å². The maximum atomic E-state index is 13.2. The Morgan fingerprint density at radius 1 is 1.32 bits per heavy atom. The average molecular weight is 341 g/mol. The maximum Gasteiger partial charge on any atom is 0.254 e. The Labute approximate surface area is 147 Å². The van der Waals surface area contributed by atoms with Crippen LogP contribution in [0, 0.1) is 0 Å². The van der Waals surface area contributed by atoms with Crippen LogP contribution < -0.4 is 0 Å². The SMILES string of the molecule is CN1CCO[C@H]2CCN(C(=O)c3ccccc3Cn3cncn3)C[C@@H]21. The zero-order valence-electron chi connectivity index (χ0n) is 14.4. The van der Waals surface area contributed by atoms with Gasteiger partial charge in [0.2, 0.25) is 0 Å². The minimum absolute atomic E-state index is 0.0909. The van der Waals surface area contributed by atoms with Crippen molar-refractivity contribution in [2.45, 2.75) is 25.1 Å². The minimum atomic E-state index is 0.0909. The van der Waals surface area contributed by atoms with Crippen LogP contribution in [0.1, 0.15) is 22.3 Å². The lowest BCUT2D eigenvalue weighted by Gasteiger charge is -2.45. The van der Waals surface area contributed by atoms with Gasteiger partial charge in [0.1, 0.15) is 12.7 Å². The Bertz CT molecular complexity index is 733. The Kier molecular flexibility index (Phi) is 4.50. The number of ether oxygens (including phenoxy) is 1. The van der Waals surface area contributed by atoms with E-state index in [4.69, 9.17) is 4.74 Å². The number of piperidine rings is 1. The van der Waals surface area contributed by atoms with E-state index in [-0.39, 0.29) is 18.1 Å². The molecule has 4 rings (SSSR count). The first-order chi connectivity index (χ1) is 12.2. The van der Waals surface area contributed by atoms with Crippen LogP contribution in [-0.2, 0) is 11.3 Å². The number of likely N-dealkylation sites (N-methyl/N-ethyl adjacent to an activating group) is 1. The predicted molar refractivity (Wildman–Crippen MR) is 92.2 cm³/mol. The molecule has 3 heterocycles. The van der Waals surface area contributed by atoms with Gasteiger partial charge in [-0.05, 0) is 25.1 Å². The zero-order valence-corrected chi connectivity index (χ0v) is 14.4. The summed E-state index contributed by atoms with van der Waals surface area (Å²) in [5, 5.41) is 4.15. The normalized spacial score (nSPS) is 24.1. The van der Waals surface area contributed by atoms with Gasteiger partial charge in [-0.25, -0.2) is 9.67 Å². The molecular formula is C18H23N5O2. The van der Waals surface area contributed by atoms with Crippen molar-refractivity contribution in [2.75, 3.05) is 33.3 Å². The Morgan fingerprint density at radius 2 is 2.20 bits per heavy atom. The molecule has 7 heteroatoms. The highest BCUT2D eigenvalue weighted by atomic mass is 16.5. The monoisotopic (exact) mass is 341 g/mol.